The summed E-state index contributed by atoms with van der Waals surface area (Å²) in [5.41, 5.74) is 0.962. The van der Waals surface area contributed by atoms with Crippen LogP contribution in [0.15, 0.2) is 65.6 Å². The summed E-state index contributed by atoms with van der Waals surface area (Å²) in [7, 11) is -3.44. The van der Waals surface area contributed by atoms with Crippen molar-refractivity contribution < 1.29 is 18.3 Å². The highest BCUT2D eigenvalue weighted by molar-refractivity contribution is 7.91. The van der Waals surface area contributed by atoms with Gasteiger partial charge in [0.15, 0.2) is 9.84 Å². The number of hydrogen-bond acceptors (Lipinski definition) is 5. The van der Waals surface area contributed by atoms with E-state index >= 15 is 0 Å². The Balaban J connectivity index is 1.80. The molecule has 1 saturated heterocycles. The summed E-state index contributed by atoms with van der Waals surface area (Å²) in [5, 5.41) is 8.96. The minimum absolute atomic E-state index is 0.0000424. The second-order valence-electron chi connectivity index (χ2n) is 6.73. The molecule has 3 rings (SSSR count). The first-order chi connectivity index (χ1) is 13.0. The van der Waals surface area contributed by atoms with Crippen LogP contribution in [0.2, 0.25) is 0 Å². The summed E-state index contributed by atoms with van der Waals surface area (Å²) in [6.07, 6.45) is 0. The van der Waals surface area contributed by atoms with Gasteiger partial charge in [0.2, 0.25) is 0 Å². The lowest BCUT2D eigenvalue weighted by molar-refractivity contribution is -0.138. The van der Waals surface area contributed by atoms with Gasteiger partial charge < -0.3 is 5.11 Å². The standard InChI is InChI=1S/C20H24N2O4S/c23-20(24)15-21-11-13-22(14-12-21)19(17-7-3-1-4-8-17)16-27(25,26)18-9-5-2-6-10-18/h1-10,19H,11-16H2,(H,23,24)/t19-/m1/s1. The second kappa shape index (κ2) is 8.65. The van der Waals surface area contributed by atoms with E-state index in [1.807, 2.05) is 35.2 Å². The van der Waals surface area contributed by atoms with Gasteiger partial charge >= 0.3 is 5.97 Å². The molecule has 1 aliphatic rings. The second-order valence-corrected chi connectivity index (χ2v) is 8.76. The van der Waals surface area contributed by atoms with Gasteiger partial charge in [-0.15, -0.1) is 0 Å². The molecule has 144 valence electrons. The van der Waals surface area contributed by atoms with Gasteiger partial charge in [0.1, 0.15) is 0 Å². The molecule has 2 aromatic rings. The van der Waals surface area contributed by atoms with Crippen LogP contribution < -0.4 is 0 Å². The van der Waals surface area contributed by atoms with Crippen molar-refractivity contribution in [3.05, 3.63) is 66.2 Å². The van der Waals surface area contributed by atoms with Crippen molar-refractivity contribution in [3.63, 3.8) is 0 Å². The van der Waals surface area contributed by atoms with Crippen LogP contribution in [0.5, 0.6) is 0 Å². The van der Waals surface area contributed by atoms with Gasteiger partial charge in [-0.25, -0.2) is 8.42 Å². The number of carbonyl (C=O) groups is 1. The maximum atomic E-state index is 13.0. The number of carboxylic acid groups (broad SMARTS) is 1. The van der Waals surface area contributed by atoms with Crippen LogP contribution in [-0.2, 0) is 14.6 Å². The number of nitrogens with zero attached hydrogens (tertiary/aromatic N) is 2. The predicted octanol–water partition coefficient (Wildman–Crippen LogP) is 1.90. The fraction of sp³-hybridized carbons (Fsp3) is 0.350. The van der Waals surface area contributed by atoms with Gasteiger partial charge in [-0.2, -0.15) is 0 Å². The molecule has 6 nitrogen and oxygen atoms in total. The molecule has 2 aromatic carbocycles. The van der Waals surface area contributed by atoms with Crippen molar-refractivity contribution in [3.8, 4) is 0 Å². The summed E-state index contributed by atoms with van der Waals surface area (Å²) < 4.78 is 25.9. The number of carboxylic acids is 1. The van der Waals surface area contributed by atoms with Crippen LogP contribution >= 0.6 is 0 Å². The molecule has 1 heterocycles. The van der Waals surface area contributed by atoms with Crippen LogP contribution in [0.1, 0.15) is 11.6 Å². The van der Waals surface area contributed by atoms with Crippen LogP contribution in [-0.4, -0.2) is 67.8 Å². The minimum Gasteiger partial charge on any atom is -0.480 e. The van der Waals surface area contributed by atoms with E-state index in [2.05, 4.69) is 4.90 Å². The largest absolute Gasteiger partial charge is 0.480 e. The summed E-state index contributed by atoms with van der Waals surface area (Å²) in [6.45, 7) is 2.52. The molecule has 0 spiro atoms. The lowest BCUT2D eigenvalue weighted by Crippen LogP contribution is -2.50. The van der Waals surface area contributed by atoms with Crippen LogP contribution in [0.4, 0.5) is 0 Å². The Bertz CT molecular complexity index is 848. The van der Waals surface area contributed by atoms with Crippen molar-refractivity contribution in [1.82, 2.24) is 9.80 Å². The van der Waals surface area contributed by atoms with E-state index in [4.69, 9.17) is 5.11 Å². The first-order valence-corrected chi connectivity index (χ1v) is 10.6. The number of aliphatic carboxylic acids is 1. The van der Waals surface area contributed by atoms with Gasteiger partial charge in [-0.05, 0) is 17.7 Å². The van der Waals surface area contributed by atoms with Gasteiger partial charge in [-0.3, -0.25) is 14.6 Å². The van der Waals surface area contributed by atoms with Gasteiger partial charge in [0.05, 0.1) is 17.2 Å². The van der Waals surface area contributed by atoms with E-state index in [1.165, 1.54) is 0 Å². The van der Waals surface area contributed by atoms with E-state index in [-0.39, 0.29) is 18.3 Å². The number of benzene rings is 2. The smallest absolute Gasteiger partial charge is 0.317 e. The first kappa shape index (κ1) is 19.5. The minimum atomic E-state index is -3.44. The number of rotatable bonds is 7. The van der Waals surface area contributed by atoms with Crippen LogP contribution in [0.25, 0.3) is 0 Å². The molecule has 0 aliphatic carbocycles. The quantitative estimate of drug-likeness (QED) is 0.781. The molecule has 27 heavy (non-hydrogen) atoms. The molecular weight excluding hydrogens is 364 g/mol. The summed E-state index contributed by atoms with van der Waals surface area (Å²) in [5.74, 6) is -0.838. The van der Waals surface area contributed by atoms with Gasteiger partial charge in [0.25, 0.3) is 0 Å². The lowest BCUT2D eigenvalue weighted by atomic mass is 10.1. The molecule has 0 bridgehead atoms. The molecule has 7 heteroatoms. The number of sulfone groups is 1. The van der Waals surface area contributed by atoms with Crippen molar-refractivity contribution in [2.45, 2.75) is 10.9 Å². The highest BCUT2D eigenvalue weighted by Crippen LogP contribution is 2.26. The lowest BCUT2D eigenvalue weighted by Gasteiger charge is -2.39. The van der Waals surface area contributed by atoms with E-state index in [0.29, 0.717) is 31.1 Å². The summed E-state index contributed by atoms with van der Waals surface area (Å²) in [6, 6.07) is 17.9. The predicted molar refractivity (Wildman–Crippen MR) is 103 cm³/mol. The van der Waals surface area contributed by atoms with Crippen LogP contribution in [0, 0.1) is 0 Å². The molecule has 0 unspecified atom stereocenters. The molecule has 0 saturated carbocycles. The third-order valence-electron chi connectivity index (χ3n) is 4.87. The number of piperazine rings is 1. The van der Waals surface area contributed by atoms with E-state index in [1.54, 1.807) is 30.3 Å². The SMILES string of the molecule is O=C(O)CN1CCN([C@H](CS(=O)(=O)c2ccccc2)c2ccccc2)CC1. The summed E-state index contributed by atoms with van der Waals surface area (Å²) in [4.78, 5) is 15.3. The van der Waals surface area contributed by atoms with E-state index in [0.717, 1.165) is 5.56 Å². The molecule has 1 aliphatic heterocycles. The normalized spacial score (nSPS) is 17.5. The topological polar surface area (TPSA) is 77.9 Å². The molecular formula is C20H24N2O4S. The highest BCUT2D eigenvalue weighted by Gasteiger charge is 2.30. The Morgan fingerprint density at radius 1 is 0.926 bits per heavy atom. The molecule has 0 radical (unpaired) electrons. The number of hydrogen-bond donors (Lipinski definition) is 1. The zero-order valence-corrected chi connectivity index (χ0v) is 15.9. The van der Waals surface area contributed by atoms with Crippen molar-refractivity contribution in [1.29, 1.82) is 0 Å². The Hall–Kier alpha value is -2.22. The fourth-order valence-corrected chi connectivity index (χ4v) is 5.03. The van der Waals surface area contributed by atoms with E-state index < -0.39 is 15.8 Å². The molecule has 1 atom stereocenters. The Morgan fingerprint density at radius 3 is 2.04 bits per heavy atom. The Labute approximate surface area is 160 Å². The molecule has 1 fully saturated rings. The zero-order chi connectivity index (χ0) is 19.3. The average Bonchev–Trinajstić information content (AvgIpc) is 2.68. The highest BCUT2D eigenvalue weighted by atomic mass is 32.2. The third-order valence-corrected chi connectivity index (χ3v) is 6.62. The zero-order valence-electron chi connectivity index (χ0n) is 15.1. The molecule has 0 amide bonds. The van der Waals surface area contributed by atoms with Crippen LogP contribution in [0.3, 0.4) is 0 Å². The Kier molecular flexibility index (Phi) is 6.26. The third kappa shape index (κ3) is 5.15. The first-order valence-electron chi connectivity index (χ1n) is 8.97. The van der Waals surface area contributed by atoms with Gasteiger partial charge in [-0.1, -0.05) is 48.5 Å². The molecule has 0 aromatic heterocycles. The van der Waals surface area contributed by atoms with E-state index in [9.17, 15) is 13.2 Å². The van der Waals surface area contributed by atoms with Crippen molar-refractivity contribution in [2.75, 3.05) is 38.5 Å². The monoisotopic (exact) mass is 388 g/mol. The summed E-state index contributed by atoms with van der Waals surface area (Å²) >= 11 is 0. The maximum absolute atomic E-state index is 13.0. The fourth-order valence-electron chi connectivity index (χ4n) is 3.44. The van der Waals surface area contributed by atoms with Crippen molar-refractivity contribution in [2.24, 2.45) is 0 Å². The molecule has 1 N–H and O–H groups in total. The van der Waals surface area contributed by atoms with Crippen molar-refractivity contribution >= 4 is 15.8 Å². The Morgan fingerprint density at radius 2 is 1.48 bits per heavy atom. The van der Waals surface area contributed by atoms with Gasteiger partial charge in [0, 0.05) is 32.2 Å². The average molecular weight is 388 g/mol. The maximum Gasteiger partial charge on any atom is 0.317 e.